The van der Waals surface area contributed by atoms with Crippen LogP contribution in [0.25, 0.3) is 17.0 Å². The average Bonchev–Trinajstić information content (AvgIpc) is 3.04. The Morgan fingerprint density at radius 3 is 2.86 bits per heavy atom. The molecule has 0 saturated heterocycles. The standard InChI is InChI=1S/C14H13ClN4O2S/c1-7(2)22-12-4-11-10(3-9(12)15)17-14(18-11)19-6-8(5-16-19)13(20)21/h3-7H,1-2H3,(H,17,18)(H,20,21). The third-order valence-corrected chi connectivity index (χ3v) is 4.42. The van der Waals surface area contributed by atoms with E-state index in [-0.39, 0.29) is 5.56 Å². The number of carbonyl (C=O) groups is 1. The van der Waals surface area contributed by atoms with Crippen LogP contribution in [0.4, 0.5) is 0 Å². The van der Waals surface area contributed by atoms with Gasteiger partial charge >= 0.3 is 5.97 Å². The Kier molecular flexibility index (Phi) is 3.84. The van der Waals surface area contributed by atoms with Crippen LogP contribution in [-0.4, -0.2) is 36.1 Å². The van der Waals surface area contributed by atoms with Crippen LogP contribution in [-0.2, 0) is 0 Å². The van der Waals surface area contributed by atoms with Gasteiger partial charge in [0.2, 0.25) is 5.95 Å². The quantitative estimate of drug-likeness (QED) is 0.711. The maximum Gasteiger partial charge on any atom is 0.338 e. The molecule has 114 valence electrons. The number of aromatic nitrogens is 4. The smallest absolute Gasteiger partial charge is 0.338 e. The minimum atomic E-state index is -1.03. The van der Waals surface area contributed by atoms with Gasteiger partial charge in [0.25, 0.3) is 0 Å². The van der Waals surface area contributed by atoms with Gasteiger partial charge in [0.15, 0.2) is 0 Å². The highest BCUT2D eigenvalue weighted by molar-refractivity contribution is 8.00. The van der Waals surface area contributed by atoms with Gasteiger partial charge in [0, 0.05) is 16.3 Å². The molecular weight excluding hydrogens is 324 g/mol. The highest BCUT2D eigenvalue weighted by Crippen LogP contribution is 2.33. The van der Waals surface area contributed by atoms with Crippen LogP contribution in [0.1, 0.15) is 24.2 Å². The lowest BCUT2D eigenvalue weighted by Gasteiger charge is -2.06. The van der Waals surface area contributed by atoms with Gasteiger partial charge < -0.3 is 10.1 Å². The molecule has 0 amide bonds. The van der Waals surface area contributed by atoms with E-state index in [1.807, 2.05) is 12.1 Å². The lowest BCUT2D eigenvalue weighted by Crippen LogP contribution is -1.97. The van der Waals surface area contributed by atoms with E-state index in [4.69, 9.17) is 16.7 Å². The van der Waals surface area contributed by atoms with Crippen LogP contribution in [0.15, 0.2) is 29.4 Å². The number of imidazole rings is 1. The van der Waals surface area contributed by atoms with Gasteiger partial charge in [-0.05, 0) is 12.1 Å². The topological polar surface area (TPSA) is 83.8 Å². The molecule has 0 aliphatic heterocycles. The van der Waals surface area contributed by atoms with Gasteiger partial charge in [0.05, 0.1) is 27.8 Å². The fourth-order valence-corrected chi connectivity index (χ4v) is 3.16. The zero-order valence-corrected chi connectivity index (χ0v) is 13.4. The van der Waals surface area contributed by atoms with Crippen LogP contribution >= 0.6 is 23.4 Å². The Morgan fingerprint density at radius 2 is 2.23 bits per heavy atom. The Morgan fingerprint density at radius 1 is 1.45 bits per heavy atom. The lowest BCUT2D eigenvalue weighted by molar-refractivity contribution is 0.0697. The monoisotopic (exact) mass is 336 g/mol. The van der Waals surface area contributed by atoms with Crippen molar-refractivity contribution in [3.8, 4) is 5.95 Å². The summed E-state index contributed by atoms with van der Waals surface area (Å²) < 4.78 is 1.40. The van der Waals surface area contributed by atoms with Crippen LogP contribution in [0, 0.1) is 0 Å². The van der Waals surface area contributed by atoms with E-state index < -0.39 is 5.97 Å². The number of rotatable bonds is 4. The van der Waals surface area contributed by atoms with Crippen molar-refractivity contribution in [2.24, 2.45) is 0 Å². The van der Waals surface area contributed by atoms with E-state index in [1.54, 1.807) is 11.8 Å². The molecule has 3 rings (SSSR count). The second kappa shape index (κ2) is 5.66. The molecule has 3 aromatic rings. The van der Waals surface area contributed by atoms with Crippen molar-refractivity contribution >= 4 is 40.4 Å². The number of carboxylic acids is 1. The predicted octanol–water partition coefficient (Wildman–Crippen LogP) is 3.60. The van der Waals surface area contributed by atoms with Crippen molar-refractivity contribution in [1.82, 2.24) is 19.7 Å². The number of hydrogen-bond donors (Lipinski definition) is 2. The second-order valence-electron chi connectivity index (χ2n) is 5.01. The number of hydrogen-bond acceptors (Lipinski definition) is 4. The fourth-order valence-electron chi connectivity index (χ4n) is 2.00. The Balaban J connectivity index is 2.03. The van der Waals surface area contributed by atoms with E-state index in [0.717, 1.165) is 15.9 Å². The third-order valence-electron chi connectivity index (χ3n) is 2.93. The molecule has 6 nitrogen and oxygen atoms in total. The molecular formula is C14H13ClN4O2S. The molecule has 0 aliphatic carbocycles. The van der Waals surface area contributed by atoms with E-state index in [0.29, 0.717) is 16.2 Å². The largest absolute Gasteiger partial charge is 0.478 e. The highest BCUT2D eigenvalue weighted by Gasteiger charge is 2.13. The molecule has 2 aromatic heterocycles. The minimum absolute atomic E-state index is 0.106. The number of aromatic amines is 1. The Bertz CT molecular complexity index is 856. The molecule has 2 heterocycles. The maximum atomic E-state index is 10.9. The third kappa shape index (κ3) is 2.82. The minimum Gasteiger partial charge on any atom is -0.478 e. The summed E-state index contributed by atoms with van der Waals surface area (Å²) >= 11 is 7.95. The fraction of sp³-hybridized carbons (Fsp3) is 0.214. The first-order chi connectivity index (χ1) is 10.4. The number of fused-ring (bicyclic) bond motifs is 1. The summed E-state index contributed by atoms with van der Waals surface area (Å²) in [6.45, 7) is 4.19. The number of benzene rings is 1. The SMILES string of the molecule is CC(C)Sc1cc2nc(-n3cc(C(=O)O)cn3)[nH]c2cc1Cl. The molecule has 0 aliphatic rings. The molecule has 0 spiro atoms. The predicted molar refractivity (Wildman–Crippen MR) is 86.2 cm³/mol. The van der Waals surface area contributed by atoms with Gasteiger partial charge in [-0.25, -0.2) is 14.5 Å². The number of thioether (sulfide) groups is 1. The number of carboxylic acid groups (broad SMARTS) is 1. The van der Waals surface area contributed by atoms with Crippen LogP contribution in [0.2, 0.25) is 5.02 Å². The molecule has 8 heteroatoms. The summed E-state index contributed by atoms with van der Waals surface area (Å²) in [7, 11) is 0. The molecule has 0 unspecified atom stereocenters. The van der Waals surface area contributed by atoms with Crippen molar-refractivity contribution in [2.75, 3.05) is 0 Å². The summed E-state index contributed by atoms with van der Waals surface area (Å²) in [5, 5.41) is 14.0. The number of halogens is 1. The van der Waals surface area contributed by atoms with Crippen molar-refractivity contribution in [3.05, 3.63) is 35.1 Å². The summed E-state index contributed by atoms with van der Waals surface area (Å²) in [6, 6.07) is 3.74. The van der Waals surface area contributed by atoms with Crippen molar-refractivity contribution in [3.63, 3.8) is 0 Å². The molecule has 0 fully saturated rings. The molecule has 0 atom stereocenters. The van der Waals surface area contributed by atoms with Crippen molar-refractivity contribution in [1.29, 1.82) is 0 Å². The summed E-state index contributed by atoms with van der Waals surface area (Å²) in [6.07, 6.45) is 2.69. The van der Waals surface area contributed by atoms with Crippen LogP contribution < -0.4 is 0 Å². The van der Waals surface area contributed by atoms with Crippen molar-refractivity contribution < 1.29 is 9.90 Å². The van der Waals surface area contributed by atoms with Gasteiger partial charge in [-0.15, -0.1) is 11.8 Å². The molecule has 0 bridgehead atoms. The van der Waals surface area contributed by atoms with Gasteiger partial charge in [0.1, 0.15) is 0 Å². The Labute approximate surface area is 135 Å². The number of H-pyrrole nitrogens is 1. The Hall–Kier alpha value is -1.99. The van der Waals surface area contributed by atoms with E-state index in [9.17, 15) is 4.79 Å². The zero-order chi connectivity index (χ0) is 15.9. The first kappa shape index (κ1) is 14.9. The highest BCUT2D eigenvalue weighted by atomic mass is 35.5. The van der Waals surface area contributed by atoms with Crippen molar-refractivity contribution in [2.45, 2.75) is 24.0 Å². The normalized spacial score (nSPS) is 11.5. The summed E-state index contributed by atoms with van der Waals surface area (Å²) in [5.74, 6) is -0.578. The molecule has 2 N–H and O–H groups in total. The van der Waals surface area contributed by atoms with E-state index >= 15 is 0 Å². The van der Waals surface area contributed by atoms with Gasteiger partial charge in [-0.1, -0.05) is 25.4 Å². The van der Waals surface area contributed by atoms with E-state index in [1.165, 1.54) is 17.1 Å². The first-order valence-corrected chi connectivity index (χ1v) is 7.84. The molecule has 1 aromatic carbocycles. The van der Waals surface area contributed by atoms with Crippen LogP contribution in [0.3, 0.4) is 0 Å². The number of aromatic carboxylic acids is 1. The average molecular weight is 337 g/mol. The lowest BCUT2D eigenvalue weighted by atomic mass is 10.3. The number of nitrogens with zero attached hydrogens (tertiary/aromatic N) is 3. The second-order valence-corrected chi connectivity index (χ2v) is 7.03. The first-order valence-electron chi connectivity index (χ1n) is 6.58. The van der Waals surface area contributed by atoms with E-state index in [2.05, 4.69) is 28.9 Å². The van der Waals surface area contributed by atoms with Gasteiger partial charge in [-0.2, -0.15) is 5.10 Å². The molecule has 22 heavy (non-hydrogen) atoms. The maximum absolute atomic E-state index is 10.9. The molecule has 0 radical (unpaired) electrons. The van der Waals surface area contributed by atoms with Crippen LogP contribution in [0.5, 0.6) is 0 Å². The summed E-state index contributed by atoms with van der Waals surface area (Å²) in [5.41, 5.74) is 1.64. The zero-order valence-electron chi connectivity index (χ0n) is 11.9. The molecule has 0 saturated carbocycles. The number of nitrogens with one attached hydrogen (secondary N) is 1. The summed E-state index contributed by atoms with van der Waals surface area (Å²) in [4.78, 5) is 19.4. The van der Waals surface area contributed by atoms with Gasteiger partial charge in [-0.3, -0.25) is 0 Å².